The molecule has 3 heteroatoms. The second-order valence-electron chi connectivity index (χ2n) is 9.55. The highest BCUT2D eigenvalue weighted by molar-refractivity contribution is 5.66. The SMILES string of the molecule is CCCC1(C2CC[C@@H]3[C@@H](CO[C@H]3OC(C)=O)C2)CCCC(C)(C)C1. The summed E-state index contributed by atoms with van der Waals surface area (Å²) in [6.45, 7) is 9.56. The Labute approximate surface area is 147 Å². The Hall–Kier alpha value is -0.570. The van der Waals surface area contributed by atoms with Crippen molar-refractivity contribution in [2.75, 3.05) is 6.61 Å². The number of carbonyl (C=O) groups excluding carboxylic acids is 1. The van der Waals surface area contributed by atoms with Gasteiger partial charge in [-0.05, 0) is 67.6 Å². The van der Waals surface area contributed by atoms with E-state index in [2.05, 4.69) is 20.8 Å². The van der Waals surface area contributed by atoms with Crippen LogP contribution < -0.4 is 0 Å². The van der Waals surface area contributed by atoms with E-state index in [-0.39, 0.29) is 12.3 Å². The van der Waals surface area contributed by atoms with Gasteiger partial charge < -0.3 is 9.47 Å². The molecule has 0 spiro atoms. The first-order valence-corrected chi connectivity index (χ1v) is 10.1. The van der Waals surface area contributed by atoms with E-state index in [1.165, 1.54) is 64.7 Å². The van der Waals surface area contributed by atoms with Crippen molar-refractivity contribution in [3.05, 3.63) is 0 Å². The fraction of sp³-hybridized carbons (Fsp3) is 0.952. The van der Waals surface area contributed by atoms with Crippen LogP contribution in [0.5, 0.6) is 0 Å². The molecule has 1 saturated heterocycles. The number of rotatable bonds is 4. The van der Waals surface area contributed by atoms with E-state index in [4.69, 9.17) is 9.47 Å². The average molecular weight is 337 g/mol. The number of hydrogen-bond donors (Lipinski definition) is 0. The fourth-order valence-corrected chi connectivity index (χ4v) is 6.33. The van der Waals surface area contributed by atoms with Crippen molar-refractivity contribution in [2.45, 2.75) is 91.8 Å². The molecule has 3 nitrogen and oxygen atoms in total. The van der Waals surface area contributed by atoms with Crippen molar-refractivity contribution in [2.24, 2.45) is 28.6 Å². The molecule has 0 aromatic heterocycles. The predicted molar refractivity (Wildman–Crippen MR) is 95.4 cm³/mol. The minimum absolute atomic E-state index is 0.209. The Morgan fingerprint density at radius 3 is 2.71 bits per heavy atom. The van der Waals surface area contributed by atoms with Crippen molar-refractivity contribution < 1.29 is 14.3 Å². The molecule has 138 valence electrons. The molecule has 0 aromatic carbocycles. The fourth-order valence-electron chi connectivity index (χ4n) is 6.33. The van der Waals surface area contributed by atoms with Crippen LogP contribution >= 0.6 is 0 Å². The van der Waals surface area contributed by atoms with Crippen molar-refractivity contribution in [1.29, 1.82) is 0 Å². The molecular weight excluding hydrogens is 300 g/mol. The van der Waals surface area contributed by atoms with Crippen molar-refractivity contribution in [3.63, 3.8) is 0 Å². The van der Waals surface area contributed by atoms with E-state index in [1.807, 2.05) is 0 Å². The quantitative estimate of drug-likeness (QED) is 0.651. The molecule has 5 atom stereocenters. The zero-order valence-corrected chi connectivity index (χ0v) is 16.1. The van der Waals surface area contributed by atoms with E-state index in [0.29, 0.717) is 22.7 Å². The van der Waals surface area contributed by atoms with Gasteiger partial charge in [0.05, 0.1) is 6.61 Å². The highest BCUT2D eigenvalue weighted by Gasteiger charge is 2.50. The minimum Gasteiger partial charge on any atom is -0.436 e. The van der Waals surface area contributed by atoms with Crippen molar-refractivity contribution >= 4 is 5.97 Å². The molecule has 0 amide bonds. The molecule has 2 saturated carbocycles. The van der Waals surface area contributed by atoms with Crippen LogP contribution in [-0.2, 0) is 14.3 Å². The highest BCUT2D eigenvalue weighted by Crippen LogP contribution is 2.58. The summed E-state index contributed by atoms with van der Waals surface area (Å²) >= 11 is 0. The summed E-state index contributed by atoms with van der Waals surface area (Å²) in [6.07, 6.45) is 11.7. The Kier molecular flexibility index (Phi) is 5.30. The first kappa shape index (κ1) is 18.2. The van der Waals surface area contributed by atoms with E-state index in [9.17, 15) is 4.79 Å². The van der Waals surface area contributed by atoms with Gasteiger partial charge in [0.15, 0.2) is 0 Å². The van der Waals surface area contributed by atoms with Crippen LogP contribution in [0.1, 0.15) is 85.5 Å². The van der Waals surface area contributed by atoms with Crippen molar-refractivity contribution in [3.8, 4) is 0 Å². The molecule has 0 bridgehead atoms. The largest absolute Gasteiger partial charge is 0.436 e. The predicted octanol–water partition coefficient (Wildman–Crippen LogP) is 5.33. The summed E-state index contributed by atoms with van der Waals surface area (Å²) in [5.74, 6) is 1.64. The lowest BCUT2D eigenvalue weighted by Crippen LogP contribution is -2.43. The smallest absolute Gasteiger partial charge is 0.304 e. The highest BCUT2D eigenvalue weighted by atomic mass is 16.7. The standard InChI is InChI=1S/C21H36O3/c1-5-9-21(11-6-10-20(3,4)14-21)17-7-8-18-16(12-17)13-23-19(18)24-15(2)22/h16-19H,5-14H2,1-4H3/t16-,17?,18-,19+,21?/m1/s1. The monoisotopic (exact) mass is 336 g/mol. The van der Waals surface area contributed by atoms with Gasteiger partial charge >= 0.3 is 5.97 Å². The Morgan fingerprint density at radius 2 is 2.04 bits per heavy atom. The molecule has 0 N–H and O–H groups in total. The van der Waals surface area contributed by atoms with Gasteiger partial charge in [0, 0.05) is 12.8 Å². The maximum Gasteiger partial charge on any atom is 0.304 e. The van der Waals surface area contributed by atoms with Gasteiger partial charge in [-0.25, -0.2) is 0 Å². The maximum atomic E-state index is 11.3. The Bertz CT molecular complexity index is 454. The van der Waals surface area contributed by atoms with Crippen molar-refractivity contribution in [1.82, 2.24) is 0 Å². The molecule has 2 unspecified atom stereocenters. The van der Waals surface area contributed by atoms with E-state index in [0.717, 1.165) is 12.5 Å². The number of ether oxygens (including phenoxy) is 2. The van der Waals surface area contributed by atoms with Gasteiger partial charge in [0.1, 0.15) is 0 Å². The lowest BCUT2D eigenvalue weighted by molar-refractivity contribution is -0.174. The number of carbonyl (C=O) groups is 1. The first-order valence-electron chi connectivity index (χ1n) is 10.1. The summed E-state index contributed by atoms with van der Waals surface area (Å²) in [7, 11) is 0. The molecule has 1 aliphatic heterocycles. The van der Waals surface area contributed by atoms with E-state index >= 15 is 0 Å². The molecule has 24 heavy (non-hydrogen) atoms. The van der Waals surface area contributed by atoms with E-state index in [1.54, 1.807) is 0 Å². The summed E-state index contributed by atoms with van der Waals surface area (Å²) in [5.41, 5.74) is 1.04. The minimum atomic E-state index is -0.279. The zero-order chi connectivity index (χ0) is 17.4. The van der Waals surface area contributed by atoms with E-state index < -0.39 is 0 Å². The number of fused-ring (bicyclic) bond motifs is 1. The van der Waals surface area contributed by atoms with Crippen LogP contribution in [0.25, 0.3) is 0 Å². The average Bonchev–Trinajstić information content (AvgIpc) is 2.88. The lowest BCUT2D eigenvalue weighted by atomic mass is 9.53. The topological polar surface area (TPSA) is 35.5 Å². The number of hydrogen-bond acceptors (Lipinski definition) is 3. The van der Waals surface area contributed by atoms with Gasteiger partial charge in [-0.3, -0.25) is 4.79 Å². The van der Waals surface area contributed by atoms with Crippen LogP contribution in [0, 0.1) is 28.6 Å². The summed E-state index contributed by atoms with van der Waals surface area (Å²) in [4.78, 5) is 11.3. The normalized spacial score (nSPS) is 41.7. The van der Waals surface area contributed by atoms with Crippen LogP contribution in [0.4, 0.5) is 0 Å². The Balaban J connectivity index is 1.70. The summed E-state index contributed by atoms with van der Waals surface area (Å²) < 4.78 is 11.2. The van der Waals surface area contributed by atoms with Gasteiger partial charge in [0.2, 0.25) is 6.29 Å². The maximum absolute atomic E-state index is 11.3. The second kappa shape index (κ2) is 6.97. The van der Waals surface area contributed by atoms with Crippen LogP contribution in [-0.4, -0.2) is 18.9 Å². The molecule has 1 heterocycles. The molecule has 0 radical (unpaired) electrons. The third kappa shape index (κ3) is 3.66. The molecular formula is C21H36O3. The molecule has 0 aromatic rings. The third-order valence-electron chi connectivity index (χ3n) is 7.12. The zero-order valence-electron chi connectivity index (χ0n) is 16.1. The van der Waals surface area contributed by atoms with Gasteiger partial charge in [0.25, 0.3) is 0 Å². The second-order valence-corrected chi connectivity index (χ2v) is 9.55. The summed E-state index contributed by atoms with van der Waals surface area (Å²) in [6, 6.07) is 0. The molecule has 3 aliphatic rings. The first-order chi connectivity index (χ1) is 11.4. The van der Waals surface area contributed by atoms with Gasteiger partial charge in [-0.15, -0.1) is 0 Å². The lowest BCUT2D eigenvalue weighted by Gasteiger charge is -2.52. The molecule has 2 aliphatic carbocycles. The van der Waals surface area contributed by atoms with Gasteiger partial charge in [-0.1, -0.05) is 33.6 Å². The van der Waals surface area contributed by atoms with Crippen LogP contribution in [0.3, 0.4) is 0 Å². The summed E-state index contributed by atoms with van der Waals surface area (Å²) in [5, 5.41) is 0. The molecule has 3 fully saturated rings. The van der Waals surface area contributed by atoms with Gasteiger partial charge in [-0.2, -0.15) is 0 Å². The number of esters is 1. The molecule has 3 rings (SSSR count). The van der Waals surface area contributed by atoms with Crippen LogP contribution in [0.2, 0.25) is 0 Å². The Morgan fingerprint density at radius 1 is 1.25 bits per heavy atom. The van der Waals surface area contributed by atoms with Crippen LogP contribution in [0.15, 0.2) is 0 Å². The third-order valence-corrected chi connectivity index (χ3v) is 7.12.